The Kier molecular flexibility index (Phi) is 13.9. The van der Waals surface area contributed by atoms with Gasteiger partial charge >= 0.3 is 5.97 Å². The van der Waals surface area contributed by atoms with E-state index in [1.807, 2.05) is 13.8 Å². The molecule has 0 radical (unpaired) electrons. The zero-order valence-electron chi connectivity index (χ0n) is 16.0. The van der Waals surface area contributed by atoms with Crippen molar-refractivity contribution in [2.45, 2.75) is 71.0 Å². The van der Waals surface area contributed by atoms with Gasteiger partial charge in [-0.2, -0.15) is 0 Å². The standard InChI is InChI=1S/C19H36O6/c1-3-21-12-13-23-16-17(2)24-15-14-22-11-7-10-19(20)25-18-8-5-4-6-9-18/h17-18H,3-16H2,1-2H3. The first-order valence-electron chi connectivity index (χ1n) is 9.76. The molecule has 0 amide bonds. The Morgan fingerprint density at radius 1 is 0.960 bits per heavy atom. The Hall–Kier alpha value is -0.690. The van der Waals surface area contributed by atoms with E-state index in [9.17, 15) is 4.79 Å². The molecule has 1 saturated carbocycles. The smallest absolute Gasteiger partial charge is 0.306 e. The second-order valence-electron chi connectivity index (χ2n) is 6.42. The summed E-state index contributed by atoms with van der Waals surface area (Å²) in [5.41, 5.74) is 0. The molecule has 0 aliphatic heterocycles. The van der Waals surface area contributed by atoms with E-state index < -0.39 is 0 Å². The third-order valence-electron chi connectivity index (χ3n) is 4.08. The van der Waals surface area contributed by atoms with Crippen molar-refractivity contribution in [1.29, 1.82) is 0 Å². The molecule has 0 saturated heterocycles. The molecular weight excluding hydrogens is 324 g/mol. The molecule has 148 valence electrons. The maximum absolute atomic E-state index is 11.7. The molecule has 0 aromatic carbocycles. The molecule has 6 heteroatoms. The van der Waals surface area contributed by atoms with Crippen LogP contribution in [0.3, 0.4) is 0 Å². The minimum absolute atomic E-state index is 0.0377. The summed E-state index contributed by atoms with van der Waals surface area (Å²) in [7, 11) is 0. The summed E-state index contributed by atoms with van der Waals surface area (Å²) < 4.78 is 27.2. The normalized spacial score (nSPS) is 16.7. The fourth-order valence-electron chi connectivity index (χ4n) is 2.72. The predicted molar refractivity (Wildman–Crippen MR) is 95.7 cm³/mol. The molecule has 0 N–H and O–H groups in total. The molecule has 0 bridgehead atoms. The summed E-state index contributed by atoms with van der Waals surface area (Å²) >= 11 is 0. The van der Waals surface area contributed by atoms with E-state index >= 15 is 0 Å². The first-order valence-corrected chi connectivity index (χ1v) is 9.76. The van der Waals surface area contributed by atoms with Gasteiger partial charge in [-0.15, -0.1) is 0 Å². The quantitative estimate of drug-likeness (QED) is 0.330. The summed E-state index contributed by atoms with van der Waals surface area (Å²) in [6, 6.07) is 0. The lowest BCUT2D eigenvalue weighted by Crippen LogP contribution is -2.21. The Labute approximate surface area is 152 Å². The molecule has 6 nitrogen and oxygen atoms in total. The molecule has 1 unspecified atom stereocenters. The second kappa shape index (κ2) is 15.6. The third kappa shape index (κ3) is 13.2. The van der Waals surface area contributed by atoms with Crippen LogP contribution in [-0.2, 0) is 28.5 Å². The van der Waals surface area contributed by atoms with Crippen LogP contribution in [-0.4, -0.2) is 64.4 Å². The van der Waals surface area contributed by atoms with Gasteiger partial charge in [0.05, 0.1) is 39.1 Å². The number of rotatable bonds is 15. The van der Waals surface area contributed by atoms with Crippen LogP contribution >= 0.6 is 0 Å². The van der Waals surface area contributed by atoms with E-state index in [1.165, 1.54) is 19.3 Å². The van der Waals surface area contributed by atoms with Gasteiger partial charge in [-0.05, 0) is 46.0 Å². The van der Waals surface area contributed by atoms with Crippen molar-refractivity contribution in [1.82, 2.24) is 0 Å². The van der Waals surface area contributed by atoms with Gasteiger partial charge in [0.25, 0.3) is 0 Å². The molecular formula is C19H36O6. The van der Waals surface area contributed by atoms with Crippen LogP contribution in [0.2, 0.25) is 0 Å². The Morgan fingerprint density at radius 3 is 2.44 bits per heavy atom. The minimum Gasteiger partial charge on any atom is -0.462 e. The molecule has 0 aromatic rings. The Balaban J connectivity index is 1.83. The Morgan fingerprint density at radius 2 is 1.68 bits per heavy atom. The molecule has 1 aliphatic rings. The van der Waals surface area contributed by atoms with Gasteiger partial charge in [0, 0.05) is 19.6 Å². The zero-order valence-corrected chi connectivity index (χ0v) is 16.0. The fourth-order valence-corrected chi connectivity index (χ4v) is 2.72. The molecule has 1 atom stereocenters. The number of carbonyl (C=O) groups is 1. The SMILES string of the molecule is CCOCCOCC(C)OCCOCCCC(=O)OC1CCCCC1. The third-order valence-corrected chi connectivity index (χ3v) is 4.08. The summed E-state index contributed by atoms with van der Waals surface area (Å²) in [5, 5.41) is 0. The lowest BCUT2D eigenvalue weighted by Gasteiger charge is -2.21. The number of ether oxygens (including phenoxy) is 5. The van der Waals surface area contributed by atoms with Crippen molar-refractivity contribution in [3.05, 3.63) is 0 Å². The molecule has 1 rings (SSSR count). The fraction of sp³-hybridized carbons (Fsp3) is 0.947. The van der Waals surface area contributed by atoms with Crippen LogP contribution in [0.15, 0.2) is 0 Å². The summed E-state index contributed by atoms with van der Waals surface area (Å²) in [6.07, 6.45) is 6.97. The molecule has 1 fully saturated rings. The molecule has 0 spiro atoms. The van der Waals surface area contributed by atoms with Crippen LogP contribution in [0.25, 0.3) is 0 Å². The van der Waals surface area contributed by atoms with E-state index in [-0.39, 0.29) is 18.2 Å². The maximum Gasteiger partial charge on any atom is 0.306 e. The first kappa shape index (κ1) is 22.4. The molecule has 0 heterocycles. The first-order chi connectivity index (χ1) is 12.2. The second-order valence-corrected chi connectivity index (χ2v) is 6.42. The van der Waals surface area contributed by atoms with Gasteiger partial charge in [-0.1, -0.05) is 6.42 Å². The highest BCUT2D eigenvalue weighted by Gasteiger charge is 2.17. The van der Waals surface area contributed by atoms with E-state index in [1.54, 1.807) is 0 Å². The van der Waals surface area contributed by atoms with Crippen molar-refractivity contribution in [3.63, 3.8) is 0 Å². The largest absolute Gasteiger partial charge is 0.462 e. The number of hydrogen-bond acceptors (Lipinski definition) is 6. The molecule has 25 heavy (non-hydrogen) atoms. The molecule has 1 aliphatic carbocycles. The number of carbonyl (C=O) groups excluding carboxylic acids is 1. The number of esters is 1. The van der Waals surface area contributed by atoms with E-state index in [0.717, 1.165) is 12.8 Å². The lowest BCUT2D eigenvalue weighted by atomic mass is 9.98. The summed E-state index contributed by atoms with van der Waals surface area (Å²) in [5.74, 6) is -0.0930. The van der Waals surface area contributed by atoms with Gasteiger partial charge in [0.2, 0.25) is 0 Å². The van der Waals surface area contributed by atoms with Gasteiger partial charge in [-0.3, -0.25) is 4.79 Å². The predicted octanol–water partition coefficient (Wildman–Crippen LogP) is 3.12. The van der Waals surface area contributed by atoms with E-state index in [0.29, 0.717) is 59.1 Å². The van der Waals surface area contributed by atoms with Gasteiger partial charge in [0.15, 0.2) is 0 Å². The van der Waals surface area contributed by atoms with Gasteiger partial charge in [0.1, 0.15) is 6.10 Å². The van der Waals surface area contributed by atoms with Gasteiger partial charge in [-0.25, -0.2) is 0 Å². The zero-order chi connectivity index (χ0) is 18.2. The maximum atomic E-state index is 11.7. The number of hydrogen-bond donors (Lipinski definition) is 0. The highest BCUT2D eigenvalue weighted by molar-refractivity contribution is 5.69. The van der Waals surface area contributed by atoms with Gasteiger partial charge < -0.3 is 23.7 Å². The average Bonchev–Trinajstić information content (AvgIpc) is 2.61. The van der Waals surface area contributed by atoms with Crippen molar-refractivity contribution in [2.24, 2.45) is 0 Å². The molecule has 0 aromatic heterocycles. The Bertz CT molecular complexity index is 317. The summed E-state index contributed by atoms with van der Waals surface area (Å²) in [4.78, 5) is 11.7. The van der Waals surface area contributed by atoms with Crippen LogP contribution in [0.1, 0.15) is 58.8 Å². The van der Waals surface area contributed by atoms with E-state index in [2.05, 4.69) is 0 Å². The highest BCUT2D eigenvalue weighted by atomic mass is 16.6. The van der Waals surface area contributed by atoms with Crippen LogP contribution < -0.4 is 0 Å². The monoisotopic (exact) mass is 360 g/mol. The van der Waals surface area contributed by atoms with Crippen molar-refractivity contribution < 1.29 is 28.5 Å². The van der Waals surface area contributed by atoms with Crippen LogP contribution in [0, 0.1) is 0 Å². The topological polar surface area (TPSA) is 63.2 Å². The highest BCUT2D eigenvalue weighted by Crippen LogP contribution is 2.20. The average molecular weight is 360 g/mol. The van der Waals surface area contributed by atoms with Crippen LogP contribution in [0.4, 0.5) is 0 Å². The minimum atomic E-state index is -0.0930. The van der Waals surface area contributed by atoms with Crippen molar-refractivity contribution in [3.8, 4) is 0 Å². The van der Waals surface area contributed by atoms with Crippen molar-refractivity contribution in [2.75, 3.05) is 46.2 Å². The lowest BCUT2D eigenvalue weighted by molar-refractivity contribution is -0.150. The van der Waals surface area contributed by atoms with E-state index in [4.69, 9.17) is 23.7 Å². The van der Waals surface area contributed by atoms with Crippen molar-refractivity contribution >= 4 is 5.97 Å². The van der Waals surface area contributed by atoms with Crippen LogP contribution in [0.5, 0.6) is 0 Å². The summed E-state index contributed by atoms with van der Waals surface area (Å²) in [6.45, 7) is 8.04.